The van der Waals surface area contributed by atoms with E-state index in [4.69, 9.17) is 4.74 Å². The van der Waals surface area contributed by atoms with E-state index < -0.39 is 5.60 Å². The van der Waals surface area contributed by atoms with Crippen molar-refractivity contribution in [3.05, 3.63) is 0 Å². The number of carbonyl (C=O) groups excluding carboxylic acids is 2. The molecule has 2 heterocycles. The maximum atomic E-state index is 12.5. The summed E-state index contributed by atoms with van der Waals surface area (Å²) in [6.45, 7) is 12.0. The molecule has 5 heteroatoms. The number of piperidine rings is 2. The van der Waals surface area contributed by atoms with E-state index in [9.17, 15) is 9.59 Å². The molecule has 0 spiro atoms. The maximum absolute atomic E-state index is 12.5. The number of likely N-dealkylation sites (tertiary alicyclic amines) is 2. The summed E-state index contributed by atoms with van der Waals surface area (Å²) >= 11 is 0. The van der Waals surface area contributed by atoms with E-state index in [1.54, 1.807) is 4.90 Å². The zero-order valence-corrected chi connectivity index (χ0v) is 14.6. The molecule has 0 N–H and O–H groups in total. The van der Waals surface area contributed by atoms with Crippen molar-refractivity contribution in [3.63, 3.8) is 0 Å². The first-order chi connectivity index (χ1) is 10.2. The predicted molar refractivity (Wildman–Crippen MR) is 85.5 cm³/mol. The summed E-state index contributed by atoms with van der Waals surface area (Å²) < 4.78 is 5.48. The van der Waals surface area contributed by atoms with Crippen LogP contribution < -0.4 is 0 Å². The van der Waals surface area contributed by atoms with Crippen molar-refractivity contribution in [1.82, 2.24) is 9.80 Å². The van der Waals surface area contributed by atoms with E-state index in [-0.39, 0.29) is 24.0 Å². The molecule has 2 saturated heterocycles. The van der Waals surface area contributed by atoms with Crippen LogP contribution in [0.1, 0.15) is 53.9 Å². The van der Waals surface area contributed by atoms with Crippen molar-refractivity contribution in [2.24, 2.45) is 11.8 Å². The van der Waals surface area contributed by atoms with Gasteiger partial charge in [-0.15, -0.1) is 0 Å². The van der Waals surface area contributed by atoms with Crippen LogP contribution in [0.4, 0.5) is 4.79 Å². The first kappa shape index (κ1) is 17.1. The highest BCUT2D eigenvalue weighted by Crippen LogP contribution is 2.28. The monoisotopic (exact) mass is 310 g/mol. The lowest BCUT2D eigenvalue weighted by Crippen LogP contribution is -2.57. The molecule has 126 valence electrons. The first-order valence-electron chi connectivity index (χ1n) is 8.47. The van der Waals surface area contributed by atoms with E-state index in [0.29, 0.717) is 19.0 Å². The van der Waals surface area contributed by atoms with Gasteiger partial charge < -0.3 is 14.5 Å². The highest BCUT2D eigenvalue weighted by Gasteiger charge is 2.38. The van der Waals surface area contributed by atoms with Crippen LogP contribution in [0.15, 0.2) is 0 Å². The molecule has 0 aliphatic carbocycles. The van der Waals surface area contributed by atoms with Gasteiger partial charge in [0.15, 0.2) is 0 Å². The molecule has 3 atom stereocenters. The summed E-state index contributed by atoms with van der Waals surface area (Å²) in [4.78, 5) is 28.5. The quantitative estimate of drug-likeness (QED) is 0.748. The number of carbonyl (C=O) groups is 2. The minimum absolute atomic E-state index is 0.109. The van der Waals surface area contributed by atoms with Crippen LogP contribution in [0.3, 0.4) is 0 Å². The van der Waals surface area contributed by atoms with Gasteiger partial charge in [-0.25, -0.2) is 4.79 Å². The molecule has 2 rings (SSSR count). The number of hydrogen-bond acceptors (Lipinski definition) is 3. The fourth-order valence-electron chi connectivity index (χ4n) is 3.36. The van der Waals surface area contributed by atoms with E-state index in [2.05, 4.69) is 6.92 Å². The minimum atomic E-state index is -0.481. The van der Waals surface area contributed by atoms with Crippen LogP contribution in [-0.2, 0) is 9.53 Å². The van der Waals surface area contributed by atoms with Crippen molar-refractivity contribution in [2.75, 3.05) is 19.6 Å². The second-order valence-electron chi connectivity index (χ2n) is 7.83. The summed E-state index contributed by atoms with van der Waals surface area (Å²) in [6, 6.07) is 0.122. The zero-order chi connectivity index (χ0) is 16.5. The Hall–Kier alpha value is -1.26. The van der Waals surface area contributed by atoms with E-state index in [0.717, 1.165) is 25.8 Å². The Labute approximate surface area is 134 Å². The second kappa shape index (κ2) is 6.47. The minimum Gasteiger partial charge on any atom is -0.444 e. The number of ether oxygens (including phenoxy) is 1. The number of rotatable bonds is 1. The molecule has 0 radical (unpaired) electrons. The fraction of sp³-hybridized carbons (Fsp3) is 0.882. The molecule has 2 aliphatic heterocycles. The number of amides is 2. The van der Waals surface area contributed by atoms with Crippen LogP contribution in [0.5, 0.6) is 0 Å². The van der Waals surface area contributed by atoms with Crippen LogP contribution in [0.2, 0.25) is 0 Å². The van der Waals surface area contributed by atoms with Gasteiger partial charge in [0.2, 0.25) is 5.91 Å². The van der Waals surface area contributed by atoms with Crippen LogP contribution in [0, 0.1) is 11.8 Å². The zero-order valence-electron chi connectivity index (χ0n) is 14.6. The Kier molecular flexibility index (Phi) is 5.03. The molecule has 2 fully saturated rings. The molecule has 22 heavy (non-hydrogen) atoms. The fourth-order valence-corrected chi connectivity index (χ4v) is 3.36. The largest absolute Gasteiger partial charge is 0.444 e. The molecule has 0 bridgehead atoms. The molecule has 0 saturated carbocycles. The van der Waals surface area contributed by atoms with Crippen molar-refractivity contribution >= 4 is 12.0 Å². The topological polar surface area (TPSA) is 49.9 Å². The van der Waals surface area contributed by atoms with E-state index in [1.165, 1.54) is 0 Å². The van der Waals surface area contributed by atoms with Crippen LogP contribution >= 0.6 is 0 Å². The van der Waals surface area contributed by atoms with Gasteiger partial charge in [0.25, 0.3) is 0 Å². The SMILES string of the molecule is CC1CCCN(C2CN(C(=O)OC(C)(C)C)CC[C@@H]2C)C1=O. The molecule has 2 unspecified atom stereocenters. The lowest BCUT2D eigenvalue weighted by molar-refractivity contribution is -0.143. The Morgan fingerprint density at radius 3 is 2.50 bits per heavy atom. The molecule has 2 amide bonds. The van der Waals surface area contributed by atoms with Gasteiger partial charge in [-0.1, -0.05) is 13.8 Å². The third kappa shape index (κ3) is 3.93. The summed E-state index contributed by atoms with van der Waals surface area (Å²) in [7, 11) is 0. The molecule has 0 aromatic heterocycles. The highest BCUT2D eigenvalue weighted by atomic mass is 16.6. The average Bonchev–Trinajstić information content (AvgIpc) is 2.41. The third-order valence-corrected chi connectivity index (χ3v) is 4.71. The van der Waals surface area contributed by atoms with Crippen molar-refractivity contribution < 1.29 is 14.3 Å². The molecule has 0 aromatic rings. The maximum Gasteiger partial charge on any atom is 0.410 e. The van der Waals surface area contributed by atoms with Gasteiger partial charge in [0.05, 0.1) is 6.04 Å². The molecular weight excluding hydrogens is 280 g/mol. The predicted octanol–water partition coefficient (Wildman–Crippen LogP) is 2.89. The van der Waals surface area contributed by atoms with Crippen LogP contribution in [0.25, 0.3) is 0 Å². The molecule has 0 aromatic carbocycles. The lowest BCUT2D eigenvalue weighted by atomic mass is 9.89. The first-order valence-corrected chi connectivity index (χ1v) is 8.47. The highest BCUT2D eigenvalue weighted by molar-refractivity contribution is 5.79. The Morgan fingerprint density at radius 1 is 1.18 bits per heavy atom. The average molecular weight is 310 g/mol. The van der Waals surface area contributed by atoms with Gasteiger partial charge >= 0.3 is 6.09 Å². The van der Waals surface area contributed by atoms with Gasteiger partial charge in [-0.3, -0.25) is 4.79 Å². The Morgan fingerprint density at radius 2 is 1.86 bits per heavy atom. The van der Waals surface area contributed by atoms with Gasteiger partial charge in [0.1, 0.15) is 5.60 Å². The summed E-state index contributed by atoms with van der Waals surface area (Å²) in [6.07, 6.45) is 2.69. The summed E-state index contributed by atoms with van der Waals surface area (Å²) in [5, 5.41) is 0. The van der Waals surface area contributed by atoms with Gasteiger partial charge in [0, 0.05) is 25.6 Å². The van der Waals surface area contributed by atoms with Gasteiger partial charge in [-0.2, -0.15) is 0 Å². The molecule has 5 nitrogen and oxygen atoms in total. The van der Waals surface area contributed by atoms with E-state index >= 15 is 0 Å². The smallest absolute Gasteiger partial charge is 0.410 e. The van der Waals surface area contributed by atoms with Crippen molar-refractivity contribution in [1.29, 1.82) is 0 Å². The summed E-state index contributed by atoms with van der Waals surface area (Å²) in [5.41, 5.74) is -0.481. The Balaban J connectivity index is 2.05. The standard InChI is InChI=1S/C17H30N2O3/c1-12-8-10-18(16(21)22-17(3,4)5)11-14(12)19-9-6-7-13(2)15(19)20/h12-14H,6-11H2,1-5H3/t12-,13?,14?/m0/s1. The lowest BCUT2D eigenvalue weighted by Gasteiger charge is -2.45. The van der Waals surface area contributed by atoms with Crippen LogP contribution in [-0.4, -0.2) is 53.1 Å². The van der Waals surface area contributed by atoms with Gasteiger partial charge in [-0.05, 0) is 46.0 Å². The molecule has 2 aliphatic rings. The molecular formula is C17H30N2O3. The van der Waals surface area contributed by atoms with E-state index in [1.807, 2.05) is 32.6 Å². The second-order valence-corrected chi connectivity index (χ2v) is 7.83. The number of nitrogens with zero attached hydrogens (tertiary/aromatic N) is 2. The normalized spacial score (nSPS) is 30.4. The van der Waals surface area contributed by atoms with Crippen molar-refractivity contribution in [3.8, 4) is 0 Å². The summed E-state index contributed by atoms with van der Waals surface area (Å²) in [5.74, 6) is 0.778. The van der Waals surface area contributed by atoms with Crippen molar-refractivity contribution in [2.45, 2.75) is 65.5 Å². The Bertz CT molecular complexity index is 430. The number of hydrogen-bond donors (Lipinski definition) is 0. The third-order valence-electron chi connectivity index (χ3n) is 4.71.